The van der Waals surface area contributed by atoms with Crippen molar-refractivity contribution in [2.75, 3.05) is 29.4 Å². The predicted molar refractivity (Wildman–Crippen MR) is 108 cm³/mol. The number of hydrogen-bond donors (Lipinski definition) is 2. The molecule has 0 spiro atoms. The van der Waals surface area contributed by atoms with Crippen molar-refractivity contribution in [2.24, 2.45) is 7.05 Å². The van der Waals surface area contributed by atoms with Gasteiger partial charge in [0.05, 0.1) is 32.9 Å². The first-order valence-electron chi connectivity index (χ1n) is 8.78. The molecule has 0 saturated heterocycles. The third-order valence-corrected chi connectivity index (χ3v) is 5.31. The fourth-order valence-electron chi connectivity index (χ4n) is 3.34. The zero-order chi connectivity index (χ0) is 19.0. The van der Waals surface area contributed by atoms with Crippen molar-refractivity contribution in [3.05, 3.63) is 41.7 Å². The number of para-hydroxylation sites is 1. The van der Waals surface area contributed by atoms with Gasteiger partial charge < -0.3 is 10.6 Å². The molecule has 0 aliphatic carbocycles. The molecule has 0 unspecified atom stereocenters. The summed E-state index contributed by atoms with van der Waals surface area (Å²) in [5.74, 6) is -0.0695. The summed E-state index contributed by atoms with van der Waals surface area (Å²) < 4.78 is 3.21. The first-order chi connectivity index (χ1) is 13.1. The Balaban J connectivity index is 1.79. The fourth-order valence-corrected chi connectivity index (χ4v) is 3.87. The van der Waals surface area contributed by atoms with Crippen LogP contribution in [0.1, 0.15) is 23.6 Å². The lowest BCUT2D eigenvalue weighted by atomic mass is 9.95. The van der Waals surface area contributed by atoms with Crippen LogP contribution in [-0.2, 0) is 11.8 Å². The normalized spacial score (nSPS) is 16.2. The van der Waals surface area contributed by atoms with E-state index in [-0.39, 0.29) is 5.91 Å². The van der Waals surface area contributed by atoms with Gasteiger partial charge in [0.25, 0.3) is 5.91 Å². The Kier molecular flexibility index (Phi) is 4.79. The summed E-state index contributed by atoms with van der Waals surface area (Å²) in [6, 6.07) is 7.73. The number of nitrogens with zero attached hydrogens (tertiary/aromatic N) is 5. The van der Waals surface area contributed by atoms with Crippen LogP contribution in [0.2, 0.25) is 0 Å². The molecule has 0 fully saturated rings. The summed E-state index contributed by atoms with van der Waals surface area (Å²) >= 11 is 3.38. The van der Waals surface area contributed by atoms with Crippen molar-refractivity contribution < 1.29 is 4.79 Å². The lowest BCUT2D eigenvalue weighted by Gasteiger charge is -2.12. The van der Waals surface area contributed by atoms with Gasteiger partial charge in [0.1, 0.15) is 5.92 Å². The topological polar surface area (TPSA) is 88.0 Å². The Hall–Kier alpha value is -2.52. The average Bonchev–Trinajstić information content (AvgIpc) is 3.16. The van der Waals surface area contributed by atoms with Crippen LogP contribution in [0.4, 0.5) is 11.6 Å². The van der Waals surface area contributed by atoms with Crippen LogP contribution in [0.5, 0.6) is 0 Å². The second kappa shape index (κ2) is 7.24. The Bertz CT molecular complexity index is 1000. The van der Waals surface area contributed by atoms with Crippen molar-refractivity contribution in [1.82, 2.24) is 25.1 Å². The van der Waals surface area contributed by atoms with Gasteiger partial charge in [0.15, 0.2) is 5.65 Å². The van der Waals surface area contributed by atoms with Crippen LogP contribution in [0, 0.1) is 0 Å². The summed E-state index contributed by atoms with van der Waals surface area (Å²) in [5, 5.41) is 11.6. The molecule has 3 aromatic rings. The minimum absolute atomic E-state index is 0.0683. The quantitative estimate of drug-likeness (QED) is 0.461. The molecule has 0 radical (unpaired) electrons. The van der Waals surface area contributed by atoms with Gasteiger partial charge in [0, 0.05) is 19.8 Å². The number of hydrogen-bond acceptors (Lipinski definition) is 6. The average molecular weight is 430 g/mol. The second-order valence-electron chi connectivity index (χ2n) is 6.47. The van der Waals surface area contributed by atoms with Gasteiger partial charge in [-0.1, -0.05) is 18.2 Å². The Morgan fingerprint density at radius 1 is 1.22 bits per heavy atom. The number of anilines is 2. The molecule has 1 aromatic carbocycles. The van der Waals surface area contributed by atoms with Crippen LogP contribution in [0.15, 0.2) is 30.5 Å². The van der Waals surface area contributed by atoms with Gasteiger partial charge in [0.2, 0.25) is 5.95 Å². The van der Waals surface area contributed by atoms with E-state index >= 15 is 0 Å². The number of aromatic nitrogens is 4. The highest BCUT2D eigenvalue weighted by Gasteiger charge is 2.39. The van der Waals surface area contributed by atoms with E-state index in [4.69, 9.17) is 4.98 Å². The van der Waals surface area contributed by atoms with E-state index in [0.29, 0.717) is 17.3 Å². The summed E-state index contributed by atoms with van der Waals surface area (Å²) in [4.78, 5) is 22.2. The molecule has 2 N–H and O–H groups in total. The van der Waals surface area contributed by atoms with Crippen molar-refractivity contribution in [2.45, 2.75) is 12.3 Å². The largest absolute Gasteiger partial charge is 0.354 e. The maximum Gasteiger partial charge on any atom is 0.250 e. The number of benzene rings is 1. The zero-order valence-corrected chi connectivity index (χ0v) is 16.7. The molecule has 1 aliphatic rings. The smallest absolute Gasteiger partial charge is 0.250 e. The molecule has 4 rings (SSSR count). The molecule has 140 valence electrons. The Morgan fingerprint density at radius 2 is 2.04 bits per heavy atom. The monoisotopic (exact) mass is 429 g/mol. The highest BCUT2D eigenvalue weighted by atomic mass is 79.9. The van der Waals surface area contributed by atoms with E-state index in [1.165, 1.54) is 3.93 Å². The first kappa shape index (κ1) is 17.9. The van der Waals surface area contributed by atoms with Crippen molar-refractivity contribution in [1.29, 1.82) is 0 Å². The molecule has 1 amide bonds. The molecule has 0 saturated carbocycles. The van der Waals surface area contributed by atoms with Crippen LogP contribution in [0.25, 0.3) is 11.0 Å². The van der Waals surface area contributed by atoms with Crippen LogP contribution >= 0.6 is 16.1 Å². The molecule has 8 nitrogen and oxygen atoms in total. The lowest BCUT2D eigenvalue weighted by molar-refractivity contribution is -0.117. The van der Waals surface area contributed by atoms with Crippen molar-refractivity contribution in [3.8, 4) is 0 Å². The van der Waals surface area contributed by atoms with Gasteiger partial charge in [-0.15, -0.1) is 0 Å². The van der Waals surface area contributed by atoms with E-state index in [1.807, 2.05) is 44.6 Å². The molecular formula is C18H20BrN7O. The number of halogens is 1. The molecule has 3 heterocycles. The molecule has 27 heavy (non-hydrogen) atoms. The Labute approximate surface area is 165 Å². The van der Waals surface area contributed by atoms with Crippen molar-refractivity contribution in [3.63, 3.8) is 0 Å². The number of amides is 1. The fraction of sp³-hybridized carbons (Fsp3) is 0.333. The van der Waals surface area contributed by atoms with E-state index in [0.717, 1.165) is 36.1 Å². The predicted octanol–water partition coefficient (Wildman–Crippen LogP) is 2.17. The number of fused-ring (bicyclic) bond motifs is 2. The maximum absolute atomic E-state index is 13.0. The van der Waals surface area contributed by atoms with Gasteiger partial charge in [-0.3, -0.25) is 9.48 Å². The summed E-state index contributed by atoms with van der Waals surface area (Å²) in [7, 11) is 3.76. The van der Waals surface area contributed by atoms with Crippen LogP contribution < -0.4 is 14.6 Å². The van der Waals surface area contributed by atoms with Gasteiger partial charge in [-0.2, -0.15) is 10.1 Å². The molecule has 2 aromatic heterocycles. The molecule has 1 atom stereocenters. The van der Waals surface area contributed by atoms with Gasteiger partial charge in [-0.05, 0) is 31.6 Å². The summed E-state index contributed by atoms with van der Waals surface area (Å²) in [5.41, 5.74) is 3.01. The number of aryl methyl sites for hydroxylation is 1. The van der Waals surface area contributed by atoms with E-state index in [9.17, 15) is 4.79 Å². The number of rotatable bonds is 6. The lowest BCUT2D eigenvalue weighted by Crippen LogP contribution is -2.21. The van der Waals surface area contributed by atoms with Crippen LogP contribution in [-0.4, -0.2) is 45.8 Å². The summed E-state index contributed by atoms with van der Waals surface area (Å²) in [6.07, 6.45) is 2.80. The molecular weight excluding hydrogens is 410 g/mol. The Morgan fingerprint density at radius 3 is 2.85 bits per heavy atom. The zero-order valence-electron chi connectivity index (χ0n) is 15.1. The summed E-state index contributed by atoms with van der Waals surface area (Å²) in [6.45, 7) is 1.64. The van der Waals surface area contributed by atoms with Gasteiger partial charge in [-0.25, -0.2) is 8.91 Å². The number of nitrogens with one attached hydrogen (secondary N) is 2. The third kappa shape index (κ3) is 3.17. The maximum atomic E-state index is 13.0. The highest BCUT2D eigenvalue weighted by molar-refractivity contribution is 9.10. The minimum atomic E-state index is -0.492. The first-order valence-corrected chi connectivity index (χ1v) is 9.49. The third-order valence-electron chi connectivity index (χ3n) is 4.58. The van der Waals surface area contributed by atoms with Crippen molar-refractivity contribution >= 4 is 44.7 Å². The molecule has 1 aliphatic heterocycles. The molecule has 0 bridgehead atoms. The SMILES string of the molecule is CNCCCNc1nc([C@H]2C(=O)N(Br)c3ccccc32)c2cn(C)nc2n1. The van der Waals surface area contributed by atoms with E-state index in [1.54, 1.807) is 4.68 Å². The second-order valence-corrected chi connectivity index (χ2v) is 7.18. The standard InChI is InChI=1S/C18H20BrN7O/c1-20-8-5-9-21-18-22-15(12-10-25(2)24-16(12)23-18)14-11-6-3-4-7-13(11)26(19)17(14)27/h3-4,6-7,10,14,20H,5,8-9H2,1-2H3,(H,21,23,24)/t14-/m0/s1. The minimum Gasteiger partial charge on any atom is -0.354 e. The van der Waals surface area contributed by atoms with E-state index in [2.05, 4.69) is 36.9 Å². The number of carbonyl (C=O) groups is 1. The van der Waals surface area contributed by atoms with Crippen LogP contribution in [0.3, 0.4) is 0 Å². The van der Waals surface area contributed by atoms with E-state index < -0.39 is 5.92 Å². The molecule has 9 heteroatoms. The highest BCUT2D eigenvalue weighted by Crippen LogP contribution is 2.43. The van der Waals surface area contributed by atoms with Gasteiger partial charge >= 0.3 is 0 Å². The number of carbonyl (C=O) groups excluding carboxylic acids is 1.